The molecule has 0 spiro atoms. The minimum Gasteiger partial charge on any atom is -0.398 e. The standard InChI is InChI=1S/C13H20N2O2S/c1-10-3-4-12(14)11(7-10)8-15-13(2)5-6-18(16,17)9-13/h3-4,7,15H,5-6,8-9,14H2,1-2H3. The van der Waals surface area contributed by atoms with Crippen LogP contribution in [-0.2, 0) is 16.4 Å². The molecule has 1 saturated heterocycles. The van der Waals surface area contributed by atoms with Crippen LogP contribution in [0.25, 0.3) is 0 Å². The van der Waals surface area contributed by atoms with Gasteiger partial charge in [0.25, 0.3) is 0 Å². The summed E-state index contributed by atoms with van der Waals surface area (Å²) < 4.78 is 23.0. The molecule has 1 aliphatic heterocycles. The fraction of sp³-hybridized carbons (Fsp3) is 0.538. The maximum atomic E-state index is 11.5. The zero-order valence-corrected chi connectivity index (χ0v) is 11.7. The summed E-state index contributed by atoms with van der Waals surface area (Å²) in [5.41, 5.74) is 8.52. The van der Waals surface area contributed by atoms with Gasteiger partial charge in [-0.2, -0.15) is 0 Å². The topological polar surface area (TPSA) is 72.2 Å². The third-order valence-corrected chi connectivity index (χ3v) is 5.41. The predicted molar refractivity (Wildman–Crippen MR) is 74.1 cm³/mol. The van der Waals surface area contributed by atoms with Gasteiger partial charge in [0.05, 0.1) is 11.5 Å². The largest absolute Gasteiger partial charge is 0.398 e. The number of sulfone groups is 1. The first-order chi connectivity index (χ1) is 8.30. The summed E-state index contributed by atoms with van der Waals surface area (Å²) in [7, 11) is -2.87. The van der Waals surface area contributed by atoms with Crippen LogP contribution in [0.5, 0.6) is 0 Å². The van der Waals surface area contributed by atoms with Gasteiger partial charge < -0.3 is 11.1 Å². The second-order valence-electron chi connectivity index (χ2n) is 5.46. The minimum atomic E-state index is -2.87. The first-order valence-electron chi connectivity index (χ1n) is 6.10. The van der Waals surface area contributed by atoms with Crippen molar-refractivity contribution in [3.05, 3.63) is 29.3 Å². The van der Waals surface area contributed by atoms with Crippen LogP contribution in [0.2, 0.25) is 0 Å². The SMILES string of the molecule is Cc1ccc(N)c(CNC2(C)CCS(=O)(=O)C2)c1. The molecule has 3 N–H and O–H groups in total. The van der Waals surface area contributed by atoms with Crippen molar-refractivity contribution >= 4 is 15.5 Å². The lowest BCUT2D eigenvalue weighted by Crippen LogP contribution is -2.42. The van der Waals surface area contributed by atoms with Gasteiger partial charge in [-0.15, -0.1) is 0 Å². The van der Waals surface area contributed by atoms with E-state index in [0.29, 0.717) is 13.0 Å². The molecular formula is C13H20N2O2S. The quantitative estimate of drug-likeness (QED) is 0.809. The van der Waals surface area contributed by atoms with E-state index in [1.807, 2.05) is 32.0 Å². The molecule has 18 heavy (non-hydrogen) atoms. The molecule has 1 aromatic carbocycles. The van der Waals surface area contributed by atoms with Gasteiger partial charge in [0.2, 0.25) is 0 Å². The summed E-state index contributed by atoms with van der Waals surface area (Å²) in [6, 6.07) is 5.90. The van der Waals surface area contributed by atoms with Crippen LogP contribution in [0.4, 0.5) is 5.69 Å². The Morgan fingerprint density at radius 1 is 1.44 bits per heavy atom. The first kappa shape index (κ1) is 13.4. The highest BCUT2D eigenvalue weighted by Crippen LogP contribution is 2.24. The van der Waals surface area contributed by atoms with E-state index < -0.39 is 9.84 Å². The van der Waals surface area contributed by atoms with E-state index in [2.05, 4.69) is 5.32 Å². The molecule has 0 aliphatic carbocycles. The summed E-state index contributed by atoms with van der Waals surface area (Å²) in [5, 5.41) is 3.34. The van der Waals surface area contributed by atoms with Gasteiger partial charge in [0.15, 0.2) is 9.84 Å². The predicted octanol–water partition coefficient (Wildman–Crippen LogP) is 1.24. The second kappa shape index (κ2) is 4.55. The Labute approximate surface area is 108 Å². The van der Waals surface area contributed by atoms with Crippen molar-refractivity contribution in [2.24, 2.45) is 0 Å². The Hall–Kier alpha value is -1.07. The smallest absolute Gasteiger partial charge is 0.152 e. The van der Waals surface area contributed by atoms with Crippen LogP contribution in [0, 0.1) is 6.92 Å². The Bertz CT molecular complexity index is 554. The Morgan fingerprint density at radius 3 is 2.78 bits per heavy atom. The number of hydrogen-bond donors (Lipinski definition) is 2. The monoisotopic (exact) mass is 268 g/mol. The van der Waals surface area contributed by atoms with Crippen molar-refractivity contribution in [3.63, 3.8) is 0 Å². The number of nitrogens with two attached hydrogens (primary N) is 1. The van der Waals surface area contributed by atoms with Gasteiger partial charge in [-0.05, 0) is 31.9 Å². The molecule has 0 saturated carbocycles. The van der Waals surface area contributed by atoms with E-state index in [1.54, 1.807) is 0 Å². The molecular weight excluding hydrogens is 248 g/mol. The van der Waals surface area contributed by atoms with Crippen LogP contribution < -0.4 is 11.1 Å². The van der Waals surface area contributed by atoms with Crippen LogP contribution in [0.1, 0.15) is 24.5 Å². The zero-order chi connectivity index (χ0) is 13.4. The van der Waals surface area contributed by atoms with E-state index in [4.69, 9.17) is 5.73 Å². The van der Waals surface area contributed by atoms with E-state index in [0.717, 1.165) is 16.8 Å². The van der Waals surface area contributed by atoms with E-state index in [-0.39, 0.29) is 17.0 Å². The van der Waals surface area contributed by atoms with Crippen molar-refractivity contribution in [2.75, 3.05) is 17.2 Å². The Balaban J connectivity index is 2.06. The van der Waals surface area contributed by atoms with Crippen molar-refractivity contribution in [1.82, 2.24) is 5.32 Å². The number of hydrogen-bond acceptors (Lipinski definition) is 4. The van der Waals surface area contributed by atoms with Crippen molar-refractivity contribution in [2.45, 2.75) is 32.4 Å². The highest BCUT2D eigenvalue weighted by atomic mass is 32.2. The van der Waals surface area contributed by atoms with Gasteiger partial charge >= 0.3 is 0 Å². The van der Waals surface area contributed by atoms with Crippen LogP contribution in [-0.4, -0.2) is 25.5 Å². The molecule has 1 atom stereocenters. The highest BCUT2D eigenvalue weighted by Gasteiger charge is 2.37. The highest BCUT2D eigenvalue weighted by molar-refractivity contribution is 7.91. The van der Waals surface area contributed by atoms with E-state index in [9.17, 15) is 8.42 Å². The number of nitrogens with one attached hydrogen (secondary N) is 1. The molecule has 1 heterocycles. The van der Waals surface area contributed by atoms with Crippen molar-refractivity contribution < 1.29 is 8.42 Å². The molecule has 1 aliphatic rings. The average molecular weight is 268 g/mol. The lowest BCUT2D eigenvalue weighted by atomic mass is 10.0. The maximum Gasteiger partial charge on any atom is 0.152 e. The normalized spacial score (nSPS) is 26.3. The lowest BCUT2D eigenvalue weighted by molar-refractivity contribution is 0.396. The molecule has 100 valence electrons. The molecule has 5 heteroatoms. The minimum absolute atomic E-state index is 0.214. The number of rotatable bonds is 3. The molecule has 1 unspecified atom stereocenters. The van der Waals surface area contributed by atoms with Crippen LogP contribution >= 0.6 is 0 Å². The molecule has 1 fully saturated rings. The van der Waals surface area contributed by atoms with Gasteiger partial charge in [-0.25, -0.2) is 8.42 Å². The molecule has 0 aromatic heterocycles. The zero-order valence-electron chi connectivity index (χ0n) is 10.9. The van der Waals surface area contributed by atoms with E-state index in [1.165, 1.54) is 0 Å². The van der Waals surface area contributed by atoms with Crippen molar-refractivity contribution in [3.8, 4) is 0 Å². The van der Waals surface area contributed by atoms with Crippen LogP contribution in [0.3, 0.4) is 0 Å². The number of nitrogen functional groups attached to an aromatic ring is 1. The molecule has 0 radical (unpaired) electrons. The number of benzene rings is 1. The summed E-state index contributed by atoms with van der Waals surface area (Å²) in [4.78, 5) is 0. The average Bonchev–Trinajstić information content (AvgIpc) is 2.55. The Morgan fingerprint density at radius 2 is 2.17 bits per heavy atom. The third kappa shape index (κ3) is 3.03. The summed E-state index contributed by atoms with van der Waals surface area (Å²) in [6.45, 7) is 4.59. The van der Waals surface area contributed by atoms with Crippen LogP contribution in [0.15, 0.2) is 18.2 Å². The van der Waals surface area contributed by atoms with Gasteiger partial charge in [0.1, 0.15) is 0 Å². The van der Waals surface area contributed by atoms with Gasteiger partial charge in [-0.1, -0.05) is 17.7 Å². The molecule has 0 bridgehead atoms. The van der Waals surface area contributed by atoms with Crippen molar-refractivity contribution in [1.29, 1.82) is 0 Å². The van der Waals surface area contributed by atoms with Gasteiger partial charge in [-0.3, -0.25) is 0 Å². The van der Waals surface area contributed by atoms with Gasteiger partial charge in [0, 0.05) is 17.8 Å². The Kier molecular flexibility index (Phi) is 3.38. The molecule has 4 nitrogen and oxygen atoms in total. The second-order valence-corrected chi connectivity index (χ2v) is 7.64. The maximum absolute atomic E-state index is 11.5. The summed E-state index contributed by atoms with van der Waals surface area (Å²) >= 11 is 0. The fourth-order valence-corrected chi connectivity index (χ4v) is 4.47. The van der Waals surface area contributed by atoms with E-state index >= 15 is 0 Å². The molecule has 2 rings (SSSR count). The lowest BCUT2D eigenvalue weighted by Gasteiger charge is -2.24. The number of anilines is 1. The summed E-state index contributed by atoms with van der Waals surface area (Å²) in [5.74, 6) is 0.492. The molecule has 1 aromatic rings. The third-order valence-electron chi connectivity index (χ3n) is 3.51. The number of aryl methyl sites for hydroxylation is 1. The first-order valence-corrected chi connectivity index (χ1v) is 7.92. The summed E-state index contributed by atoms with van der Waals surface area (Å²) in [6.07, 6.45) is 0.668. The molecule has 0 amide bonds. The fourth-order valence-electron chi connectivity index (χ4n) is 2.35.